The van der Waals surface area contributed by atoms with Gasteiger partial charge in [0.15, 0.2) is 6.61 Å². The molecule has 0 fully saturated rings. The number of hydrogen-bond donors (Lipinski definition) is 1. The largest absolute Gasteiger partial charge is 0.452 e. The van der Waals surface area contributed by atoms with Crippen molar-refractivity contribution in [2.45, 2.75) is 17.2 Å². The molecule has 1 heterocycles. The first-order valence-electron chi connectivity index (χ1n) is 8.55. The third kappa shape index (κ3) is 5.68. The highest BCUT2D eigenvalue weighted by Gasteiger charge is 2.15. The fourth-order valence-corrected chi connectivity index (χ4v) is 4.21. The van der Waals surface area contributed by atoms with Gasteiger partial charge < -0.3 is 10.1 Å². The van der Waals surface area contributed by atoms with E-state index in [1.54, 1.807) is 53.4 Å². The molecule has 0 aliphatic rings. The van der Waals surface area contributed by atoms with Crippen LogP contribution in [0.1, 0.15) is 20.8 Å². The Hall–Kier alpha value is -2.64. The number of nitrogens with one attached hydrogen (secondary N) is 1. The van der Waals surface area contributed by atoms with Gasteiger partial charge in [0, 0.05) is 27.6 Å². The molecule has 0 saturated carbocycles. The molecule has 0 aliphatic carbocycles. The number of benzene rings is 2. The van der Waals surface area contributed by atoms with Crippen molar-refractivity contribution in [2.24, 2.45) is 0 Å². The Bertz CT molecular complexity index is 944. The van der Waals surface area contributed by atoms with Gasteiger partial charge in [-0.25, -0.2) is 9.18 Å². The van der Waals surface area contributed by atoms with E-state index in [1.807, 2.05) is 29.6 Å². The third-order valence-electron chi connectivity index (χ3n) is 3.83. The van der Waals surface area contributed by atoms with Gasteiger partial charge >= 0.3 is 5.97 Å². The Labute approximate surface area is 170 Å². The average Bonchev–Trinajstić information content (AvgIpc) is 3.24. The van der Waals surface area contributed by atoms with Gasteiger partial charge in [-0.3, -0.25) is 4.79 Å². The second kappa shape index (κ2) is 10.1. The molecule has 0 aliphatic heterocycles. The third-order valence-corrected chi connectivity index (χ3v) is 6.01. The standard InChI is InChI=1S/C21H18FNO3S2/c22-18-9-3-1-6-15(18)12-23-20(24)13-26-21(25)17-8-2-4-10-19(17)28-14-16-7-5-11-27-16/h1-11H,12-14H2,(H,23,24). The summed E-state index contributed by atoms with van der Waals surface area (Å²) < 4.78 is 18.7. The molecule has 2 aromatic carbocycles. The maximum atomic E-state index is 13.6. The first-order chi connectivity index (χ1) is 13.6. The van der Waals surface area contributed by atoms with Gasteiger partial charge in [-0.05, 0) is 29.6 Å². The van der Waals surface area contributed by atoms with Crippen LogP contribution in [-0.4, -0.2) is 18.5 Å². The molecule has 3 rings (SSSR count). The molecular weight excluding hydrogens is 397 g/mol. The zero-order valence-electron chi connectivity index (χ0n) is 14.9. The van der Waals surface area contributed by atoms with Gasteiger partial charge in [-0.15, -0.1) is 23.1 Å². The van der Waals surface area contributed by atoms with Crippen LogP contribution in [0.15, 0.2) is 70.9 Å². The van der Waals surface area contributed by atoms with Crippen molar-refractivity contribution in [2.75, 3.05) is 6.61 Å². The normalized spacial score (nSPS) is 10.5. The second-order valence-electron chi connectivity index (χ2n) is 5.81. The quantitative estimate of drug-likeness (QED) is 0.430. The maximum absolute atomic E-state index is 13.6. The van der Waals surface area contributed by atoms with Crippen molar-refractivity contribution in [3.8, 4) is 0 Å². The minimum atomic E-state index is -0.560. The lowest BCUT2D eigenvalue weighted by Crippen LogP contribution is -2.28. The van der Waals surface area contributed by atoms with Crippen LogP contribution in [0.5, 0.6) is 0 Å². The van der Waals surface area contributed by atoms with Crippen LogP contribution >= 0.6 is 23.1 Å². The van der Waals surface area contributed by atoms with Crippen LogP contribution in [0.3, 0.4) is 0 Å². The second-order valence-corrected chi connectivity index (χ2v) is 7.86. The molecule has 1 amide bonds. The highest BCUT2D eigenvalue weighted by atomic mass is 32.2. The molecule has 0 saturated heterocycles. The molecule has 0 bridgehead atoms. The molecule has 3 aromatic rings. The van der Waals surface area contributed by atoms with Crippen LogP contribution < -0.4 is 5.32 Å². The van der Waals surface area contributed by atoms with Gasteiger partial charge in [0.05, 0.1) is 5.56 Å². The molecular formula is C21H18FNO3S2. The summed E-state index contributed by atoms with van der Waals surface area (Å²) in [5, 5.41) is 4.55. The summed E-state index contributed by atoms with van der Waals surface area (Å²) in [6.07, 6.45) is 0. The van der Waals surface area contributed by atoms with Crippen molar-refractivity contribution in [3.05, 3.63) is 87.9 Å². The van der Waals surface area contributed by atoms with E-state index < -0.39 is 24.3 Å². The van der Waals surface area contributed by atoms with E-state index in [2.05, 4.69) is 5.32 Å². The molecule has 4 nitrogen and oxygen atoms in total. The van der Waals surface area contributed by atoms with Crippen LogP contribution in [-0.2, 0) is 21.8 Å². The van der Waals surface area contributed by atoms with Crippen molar-refractivity contribution in [1.82, 2.24) is 5.32 Å². The Morgan fingerprint density at radius 2 is 1.82 bits per heavy atom. The monoisotopic (exact) mass is 415 g/mol. The van der Waals surface area contributed by atoms with Gasteiger partial charge in [0.2, 0.25) is 0 Å². The number of thiophene rings is 1. The van der Waals surface area contributed by atoms with Crippen molar-refractivity contribution in [3.63, 3.8) is 0 Å². The van der Waals surface area contributed by atoms with Crippen LogP contribution in [0.25, 0.3) is 0 Å². The lowest BCUT2D eigenvalue weighted by atomic mass is 10.2. The van der Waals surface area contributed by atoms with E-state index in [1.165, 1.54) is 10.9 Å². The van der Waals surface area contributed by atoms with Crippen molar-refractivity contribution in [1.29, 1.82) is 0 Å². The summed E-state index contributed by atoms with van der Waals surface area (Å²) in [5.74, 6) is -0.683. The molecule has 0 unspecified atom stereocenters. The van der Waals surface area contributed by atoms with E-state index in [0.717, 1.165) is 10.6 Å². The number of halogens is 1. The fourth-order valence-electron chi connectivity index (χ4n) is 2.40. The van der Waals surface area contributed by atoms with E-state index in [-0.39, 0.29) is 6.54 Å². The number of carbonyl (C=O) groups is 2. The number of ether oxygens (including phenoxy) is 1. The molecule has 0 atom stereocenters. The highest BCUT2D eigenvalue weighted by molar-refractivity contribution is 7.98. The fraction of sp³-hybridized carbons (Fsp3) is 0.143. The van der Waals surface area contributed by atoms with Crippen LogP contribution in [0.4, 0.5) is 4.39 Å². The number of thioether (sulfide) groups is 1. The summed E-state index contributed by atoms with van der Waals surface area (Å²) >= 11 is 3.20. The molecule has 0 spiro atoms. The predicted octanol–water partition coefficient (Wildman–Crippen LogP) is 4.65. The van der Waals surface area contributed by atoms with Crippen LogP contribution in [0, 0.1) is 5.82 Å². The topological polar surface area (TPSA) is 55.4 Å². The zero-order valence-corrected chi connectivity index (χ0v) is 16.5. The summed E-state index contributed by atoms with van der Waals surface area (Å²) in [4.78, 5) is 26.3. The first kappa shape index (κ1) is 20.1. The number of esters is 1. The maximum Gasteiger partial charge on any atom is 0.339 e. The van der Waals surface area contributed by atoms with Crippen molar-refractivity contribution >= 4 is 35.0 Å². The number of carbonyl (C=O) groups excluding carboxylic acids is 2. The molecule has 28 heavy (non-hydrogen) atoms. The predicted molar refractivity (Wildman–Crippen MR) is 109 cm³/mol. The summed E-state index contributed by atoms with van der Waals surface area (Å²) in [6, 6.07) is 17.3. The lowest BCUT2D eigenvalue weighted by Gasteiger charge is -2.10. The average molecular weight is 416 g/mol. The van der Waals surface area contributed by atoms with E-state index in [4.69, 9.17) is 4.74 Å². The highest BCUT2D eigenvalue weighted by Crippen LogP contribution is 2.28. The van der Waals surface area contributed by atoms with Crippen LogP contribution in [0.2, 0.25) is 0 Å². The van der Waals surface area contributed by atoms with E-state index in [0.29, 0.717) is 11.1 Å². The molecule has 144 valence electrons. The van der Waals surface area contributed by atoms with Gasteiger partial charge in [-0.2, -0.15) is 0 Å². The Morgan fingerprint density at radius 3 is 2.61 bits per heavy atom. The molecule has 7 heteroatoms. The molecule has 1 aromatic heterocycles. The number of rotatable bonds is 8. The Balaban J connectivity index is 1.51. The first-order valence-corrected chi connectivity index (χ1v) is 10.4. The molecule has 1 N–H and O–H groups in total. The van der Waals surface area contributed by atoms with Gasteiger partial charge in [0.25, 0.3) is 5.91 Å². The van der Waals surface area contributed by atoms with Gasteiger partial charge in [0.1, 0.15) is 5.82 Å². The minimum Gasteiger partial charge on any atom is -0.452 e. The van der Waals surface area contributed by atoms with E-state index in [9.17, 15) is 14.0 Å². The summed E-state index contributed by atoms with van der Waals surface area (Å²) in [5.41, 5.74) is 0.795. The smallest absolute Gasteiger partial charge is 0.339 e. The summed E-state index contributed by atoms with van der Waals surface area (Å²) in [7, 11) is 0. The SMILES string of the molecule is O=C(COC(=O)c1ccccc1SCc1cccs1)NCc1ccccc1F. The summed E-state index contributed by atoms with van der Waals surface area (Å²) in [6.45, 7) is -0.381. The number of amides is 1. The van der Waals surface area contributed by atoms with Gasteiger partial charge in [-0.1, -0.05) is 36.4 Å². The minimum absolute atomic E-state index is 0.0380. The lowest BCUT2D eigenvalue weighted by molar-refractivity contribution is -0.124. The zero-order chi connectivity index (χ0) is 19.8. The van der Waals surface area contributed by atoms with E-state index >= 15 is 0 Å². The van der Waals surface area contributed by atoms with Crippen molar-refractivity contribution < 1.29 is 18.7 Å². The number of hydrogen-bond acceptors (Lipinski definition) is 5. The molecule has 0 radical (unpaired) electrons. The Kier molecular flexibility index (Phi) is 7.22. The Morgan fingerprint density at radius 1 is 1.04 bits per heavy atom.